The van der Waals surface area contributed by atoms with Crippen molar-refractivity contribution >= 4 is 28.5 Å². The fourth-order valence-electron chi connectivity index (χ4n) is 3.32. The molecule has 0 radical (unpaired) electrons. The number of thiophene rings is 2. The molecule has 3 unspecified atom stereocenters. The van der Waals surface area contributed by atoms with Crippen LogP contribution < -0.4 is 0 Å². The van der Waals surface area contributed by atoms with Crippen molar-refractivity contribution in [3.05, 3.63) is 43.8 Å². The molecular formula is C18H22O4S2. The molecule has 0 aliphatic heterocycles. The predicted octanol–water partition coefficient (Wildman–Crippen LogP) is 2.82. The first-order valence-electron chi connectivity index (χ1n) is 8.18. The minimum absolute atomic E-state index is 0.128. The number of aliphatic hydroxyl groups is 3. The minimum atomic E-state index is -0.350. The van der Waals surface area contributed by atoms with Gasteiger partial charge in [-0.3, -0.25) is 4.79 Å². The summed E-state index contributed by atoms with van der Waals surface area (Å²) in [6.07, 6.45) is 2.67. The van der Waals surface area contributed by atoms with E-state index in [-0.39, 0.29) is 36.9 Å². The van der Waals surface area contributed by atoms with Crippen molar-refractivity contribution < 1.29 is 20.1 Å². The highest BCUT2D eigenvalue weighted by atomic mass is 32.1. The van der Waals surface area contributed by atoms with E-state index in [2.05, 4.69) is 0 Å². The molecule has 24 heavy (non-hydrogen) atoms. The summed E-state index contributed by atoms with van der Waals surface area (Å²) in [6, 6.07) is 3.87. The Morgan fingerprint density at radius 2 is 1.62 bits per heavy atom. The summed E-state index contributed by atoms with van der Waals surface area (Å²) >= 11 is 3.29. The number of fused-ring (bicyclic) bond motifs is 2. The van der Waals surface area contributed by atoms with E-state index < -0.39 is 0 Å². The molecule has 2 aromatic rings. The van der Waals surface area contributed by atoms with Crippen molar-refractivity contribution in [1.29, 1.82) is 0 Å². The fraction of sp³-hybridized carbons (Fsp3) is 0.500. The first-order valence-corrected chi connectivity index (χ1v) is 9.93. The van der Waals surface area contributed by atoms with E-state index in [1.807, 2.05) is 22.9 Å². The molecule has 2 aliphatic rings. The summed E-state index contributed by atoms with van der Waals surface area (Å²) in [4.78, 5) is 13.8. The minimum Gasteiger partial charge on any atom is -0.396 e. The van der Waals surface area contributed by atoms with Crippen molar-refractivity contribution in [2.75, 3.05) is 13.2 Å². The largest absolute Gasteiger partial charge is 0.396 e. The van der Waals surface area contributed by atoms with Crippen LogP contribution in [0, 0.1) is 11.8 Å². The molecule has 0 saturated heterocycles. The number of hydrogen-bond acceptors (Lipinski definition) is 6. The Hall–Kier alpha value is -1.05. The molecular weight excluding hydrogens is 344 g/mol. The molecule has 130 valence electrons. The lowest BCUT2D eigenvalue weighted by atomic mass is 9.87. The second-order valence-corrected chi connectivity index (χ2v) is 8.44. The molecule has 4 nitrogen and oxygen atoms in total. The number of carbonyl (C=O) groups is 1. The van der Waals surface area contributed by atoms with Gasteiger partial charge < -0.3 is 15.3 Å². The molecule has 0 amide bonds. The Kier molecular flexibility index (Phi) is 5.84. The zero-order valence-electron chi connectivity index (χ0n) is 13.4. The average Bonchev–Trinajstić information content (AvgIpc) is 3.24. The lowest BCUT2D eigenvalue weighted by Gasteiger charge is -2.24. The molecule has 2 aromatic heterocycles. The lowest BCUT2D eigenvalue weighted by molar-refractivity contribution is 0.0920. The van der Waals surface area contributed by atoms with Gasteiger partial charge in [-0.25, -0.2) is 0 Å². The molecule has 2 heterocycles. The van der Waals surface area contributed by atoms with Gasteiger partial charge in [-0.15, -0.1) is 22.7 Å². The highest BCUT2D eigenvalue weighted by Gasteiger charge is 2.26. The number of aliphatic hydroxyl groups excluding tert-OH is 3. The molecule has 0 aromatic carbocycles. The zero-order valence-corrected chi connectivity index (χ0v) is 15.0. The van der Waals surface area contributed by atoms with E-state index in [0.29, 0.717) is 12.8 Å². The van der Waals surface area contributed by atoms with E-state index in [1.54, 1.807) is 22.7 Å². The van der Waals surface area contributed by atoms with Crippen LogP contribution in [0.15, 0.2) is 22.9 Å². The standard InChI is InChI=1S/C9H12O2S.C9H10O2S/c2*10-5-6-3-8(11)7-1-2-12-9(7)4-6/h1-2,6,8,10-11H,3-5H2;1-2,6,10H,3-5H2. The van der Waals surface area contributed by atoms with Crippen LogP contribution in [0.5, 0.6) is 0 Å². The number of Topliss-reactive ketones (excluding diaryl/α,β-unsaturated/α-hetero) is 1. The van der Waals surface area contributed by atoms with Gasteiger partial charge in [-0.05, 0) is 59.6 Å². The van der Waals surface area contributed by atoms with Crippen molar-refractivity contribution in [2.24, 2.45) is 11.8 Å². The van der Waals surface area contributed by atoms with Gasteiger partial charge in [0.2, 0.25) is 0 Å². The molecule has 3 N–H and O–H groups in total. The third-order valence-electron chi connectivity index (χ3n) is 4.68. The Bertz CT molecular complexity index is 691. The summed E-state index contributed by atoms with van der Waals surface area (Å²) in [5.41, 5.74) is 1.95. The molecule has 0 spiro atoms. The van der Waals surface area contributed by atoms with E-state index >= 15 is 0 Å². The number of carbonyl (C=O) groups excluding carboxylic acids is 1. The van der Waals surface area contributed by atoms with E-state index in [4.69, 9.17) is 10.2 Å². The summed E-state index contributed by atoms with van der Waals surface area (Å²) < 4.78 is 0. The molecule has 2 aliphatic carbocycles. The highest BCUT2D eigenvalue weighted by Crippen LogP contribution is 2.35. The quantitative estimate of drug-likeness (QED) is 0.764. The Morgan fingerprint density at radius 3 is 2.38 bits per heavy atom. The van der Waals surface area contributed by atoms with Crippen molar-refractivity contribution in [3.8, 4) is 0 Å². The second kappa shape index (κ2) is 7.89. The number of rotatable bonds is 2. The van der Waals surface area contributed by atoms with Gasteiger partial charge in [0, 0.05) is 35.0 Å². The van der Waals surface area contributed by atoms with E-state index in [0.717, 1.165) is 28.8 Å². The highest BCUT2D eigenvalue weighted by molar-refractivity contribution is 7.10. The fourth-order valence-corrected chi connectivity index (χ4v) is 5.38. The molecule has 4 rings (SSSR count). The van der Waals surface area contributed by atoms with Crippen molar-refractivity contribution in [3.63, 3.8) is 0 Å². The maximum absolute atomic E-state index is 11.4. The summed E-state index contributed by atoms with van der Waals surface area (Å²) in [6.45, 7) is 0.317. The topological polar surface area (TPSA) is 77.8 Å². The molecule has 3 atom stereocenters. The van der Waals surface area contributed by atoms with Crippen molar-refractivity contribution in [2.45, 2.75) is 31.8 Å². The average molecular weight is 367 g/mol. The van der Waals surface area contributed by atoms with Crippen LogP contribution in [0.3, 0.4) is 0 Å². The molecule has 0 bridgehead atoms. The number of ketones is 1. The summed E-state index contributed by atoms with van der Waals surface area (Å²) in [5.74, 6) is 0.603. The van der Waals surface area contributed by atoms with Crippen LogP contribution in [-0.2, 0) is 12.8 Å². The van der Waals surface area contributed by atoms with Gasteiger partial charge in [-0.2, -0.15) is 0 Å². The van der Waals surface area contributed by atoms with E-state index in [9.17, 15) is 9.90 Å². The predicted molar refractivity (Wildman–Crippen MR) is 95.7 cm³/mol. The third kappa shape index (κ3) is 3.78. The first-order chi connectivity index (χ1) is 11.6. The Balaban J connectivity index is 0.000000141. The van der Waals surface area contributed by atoms with Crippen molar-refractivity contribution in [1.82, 2.24) is 0 Å². The van der Waals surface area contributed by atoms with Gasteiger partial charge >= 0.3 is 0 Å². The molecule has 0 saturated carbocycles. The maximum Gasteiger partial charge on any atom is 0.164 e. The molecule has 0 fully saturated rings. The lowest BCUT2D eigenvalue weighted by Crippen LogP contribution is -2.20. The van der Waals surface area contributed by atoms with Gasteiger partial charge in [-0.1, -0.05) is 0 Å². The van der Waals surface area contributed by atoms with Crippen LogP contribution in [-0.4, -0.2) is 34.3 Å². The first kappa shape index (κ1) is 17.8. The maximum atomic E-state index is 11.4. The van der Waals surface area contributed by atoms with E-state index in [1.165, 1.54) is 4.88 Å². The third-order valence-corrected chi connectivity index (χ3v) is 6.58. The van der Waals surface area contributed by atoms with Crippen LogP contribution in [0.1, 0.15) is 44.6 Å². The Labute approximate surface area is 149 Å². The zero-order chi connectivity index (χ0) is 17.1. The second-order valence-electron chi connectivity index (χ2n) is 6.44. The summed E-state index contributed by atoms with van der Waals surface area (Å²) in [5, 5.41) is 31.5. The van der Waals surface area contributed by atoms with Gasteiger partial charge in [0.1, 0.15) is 0 Å². The van der Waals surface area contributed by atoms with Crippen LogP contribution in [0.2, 0.25) is 0 Å². The van der Waals surface area contributed by atoms with Gasteiger partial charge in [0.15, 0.2) is 5.78 Å². The number of hydrogen-bond donors (Lipinski definition) is 3. The summed E-state index contributed by atoms with van der Waals surface area (Å²) in [7, 11) is 0. The van der Waals surface area contributed by atoms with Gasteiger partial charge in [0.25, 0.3) is 0 Å². The Morgan fingerprint density at radius 1 is 0.958 bits per heavy atom. The van der Waals surface area contributed by atoms with Crippen LogP contribution in [0.4, 0.5) is 0 Å². The van der Waals surface area contributed by atoms with Gasteiger partial charge in [0.05, 0.1) is 6.10 Å². The monoisotopic (exact) mass is 366 g/mol. The van der Waals surface area contributed by atoms with Crippen LogP contribution in [0.25, 0.3) is 0 Å². The smallest absolute Gasteiger partial charge is 0.164 e. The van der Waals surface area contributed by atoms with Crippen LogP contribution >= 0.6 is 22.7 Å². The SMILES string of the molecule is O=C1CC(CO)Cc2sccc21.OCC1Cc2sccc2C(O)C1. The normalized spacial score (nSPS) is 25.5. The molecule has 6 heteroatoms.